The summed E-state index contributed by atoms with van der Waals surface area (Å²) in [5.41, 5.74) is 5.80. The van der Waals surface area contributed by atoms with Gasteiger partial charge in [0.2, 0.25) is 0 Å². The van der Waals surface area contributed by atoms with Gasteiger partial charge in [-0.05, 0) is 29.5 Å². The average Bonchev–Trinajstić information content (AvgIpc) is 2.27. The van der Waals surface area contributed by atoms with Gasteiger partial charge in [0.05, 0.1) is 0 Å². The highest BCUT2D eigenvalue weighted by atomic mass is 19.4. The van der Waals surface area contributed by atoms with Crippen molar-refractivity contribution in [2.45, 2.75) is 45.0 Å². The van der Waals surface area contributed by atoms with E-state index in [9.17, 15) is 26.3 Å². The minimum absolute atomic E-state index is 0.266. The van der Waals surface area contributed by atoms with Crippen LogP contribution in [0, 0.1) is 0 Å². The van der Waals surface area contributed by atoms with E-state index >= 15 is 0 Å². The normalized spacial score (nSPS) is 13.1. The fourth-order valence-electron chi connectivity index (χ4n) is 2.12. The van der Waals surface area contributed by atoms with Crippen molar-refractivity contribution in [1.82, 2.24) is 0 Å². The molecule has 1 aromatic carbocycles. The van der Waals surface area contributed by atoms with Crippen molar-refractivity contribution in [3.8, 4) is 0 Å². The SMILES string of the molecule is CCc1cc(C(C(F)(F)F)C(F)(F)F)cc(CC)c1N. The van der Waals surface area contributed by atoms with Gasteiger partial charge in [0.25, 0.3) is 0 Å². The van der Waals surface area contributed by atoms with Crippen LogP contribution < -0.4 is 5.73 Å². The van der Waals surface area contributed by atoms with Crippen molar-refractivity contribution >= 4 is 5.69 Å². The Labute approximate surface area is 112 Å². The summed E-state index contributed by atoms with van der Waals surface area (Å²) in [6.45, 7) is 3.26. The predicted octanol–water partition coefficient (Wildman–Crippen LogP) is 4.60. The van der Waals surface area contributed by atoms with Crippen molar-refractivity contribution in [3.63, 3.8) is 0 Å². The highest BCUT2D eigenvalue weighted by Gasteiger charge is 2.57. The van der Waals surface area contributed by atoms with E-state index in [1.165, 1.54) is 0 Å². The number of anilines is 1. The predicted molar refractivity (Wildman–Crippen MR) is 64.5 cm³/mol. The van der Waals surface area contributed by atoms with Crippen molar-refractivity contribution < 1.29 is 26.3 Å². The lowest BCUT2D eigenvalue weighted by molar-refractivity contribution is -0.253. The zero-order valence-corrected chi connectivity index (χ0v) is 11.0. The van der Waals surface area contributed by atoms with Crippen LogP contribution in [0.25, 0.3) is 0 Å². The van der Waals surface area contributed by atoms with E-state index in [1.807, 2.05) is 0 Å². The molecule has 1 aromatic rings. The Balaban J connectivity index is 3.50. The van der Waals surface area contributed by atoms with Crippen molar-refractivity contribution in [3.05, 3.63) is 28.8 Å². The number of aryl methyl sites for hydroxylation is 2. The summed E-state index contributed by atoms with van der Waals surface area (Å²) < 4.78 is 76.3. The molecular formula is C13H15F6N. The van der Waals surface area contributed by atoms with E-state index in [-0.39, 0.29) is 18.5 Å². The Morgan fingerprint density at radius 1 is 0.900 bits per heavy atom. The summed E-state index contributed by atoms with van der Waals surface area (Å²) >= 11 is 0. The molecule has 0 aliphatic carbocycles. The molecule has 0 amide bonds. The van der Waals surface area contributed by atoms with E-state index in [0.717, 1.165) is 12.1 Å². The van der Waals surface area contributed by atoms with E-state index < -0.39 is 23.8 Å². The first-order valence-corrected chi connectivity index (χ1v) is 6.06. The molecule has 0 saturated heterocycles. The minimum Gasteiger partial charge on any atom is -0.398 e. The van der Waals surface area contributed by atoms with Crippen molar-refractivity contribution in [2.75, 3.05) is 5.73 Å². The number of hydrogen-bond acceptors (Lipinski definition) is 1. The zero-order valence-electron chi connectivity index (χ0n) is 11.0. The van der Waals surface area contributed by atoms with Crippen LogP contribution in [0.15, 0.2) is 12.1 Å². The third kappa shape index (κ3) is 3.37. The lowest BCUT2D eigenvalue weighted by Crippen LogP contribution is -2.34. The fourth-order valence-corrected chi connectivity index (χ4v) is 2.12. The first-order chi connectivity index (χ1) is 9.02. The number of halogens is 6. The standard InChI is InChI=1S/C13H15F6N/c1-3-7-5-9(6-8(4-2)10(7)20)11(12(14,15)16)13(17,18)19/h5-6,11H,3-4,20H2,1-2H3. The molecule has 0 atom stereocenters. The Morgan fingerprint density at radius 3 is 1.50 bits per heavy atom. The smallest absolute Gasteiger partial charge is 0.398 e. The van der Waals surface area contributed by atoms with Gasteiger partial charge < -0.3 is 5.73 Å². The lowest BCUT2D eigenvalue weighted by atomic mass is 9.91. The molecule has 0 aromatic heterocycles. The third-order valence-corrected chi connectivity index (χ3v) is 3.12. The van der Waals surface area contributed by atoms with Gasteiger partial charge in [-0.2, -0.15) is 26.3 Å². The molecule has 1 rings (SSSR count). The quantitative estimate of drug-likeness (QED) is 0.640. The Morgan fingerprint density at radius 2 is 1.25 bits per heavy atom. The molecule has 0 saturated carbocycles. The molecule has 20 heavy (non-hydrogen) atoms. The van der Waals surface area contributed by atoms with Gasteiger partial charge in [-0.3, -0.25) is 0 Å². The second kappa shape index (κ2) is 5.54. The van der Waals surface area contributed by atoms with Crippen LogP contribution in [0.2, 0.25) is 0 Å². The van der Waals surface area contributed by atoms with Gasteiger partial charge in [-0.25, -0.2) is 0 Å². The first-order valence-electron chi connectivity index (χ1n) is 6.06. The molecule has 0 radical (unpaired) electrons. The molecule has 0 spiro atoms. The van der Waals surface area contributed by atoms with E-state index in [1.54, 1.807) is 13.8 Å². The summed E-state index contributed by atoms with van der Waals surface area (Å²) in [7, 11) is 0. The number of nitrogens with two attached hydrogens (primary N) is 1. The molecule has 0 heterocycles. The number of benzene rings is 1. The van der Waals surface area contributed by atoms with E-state index in [4.69, 9.17) is 5.73 Å². The van der Waals surface area contributed by atoms with Crippen LogP contribution in [0.1, 0.15) is 36.5 Å². The van der Waals surface area contributed by atoms with Crippen LogP contribution in [-0.4, -0.2) is 12.4 Å². The van der Waals surface area contributed by atoms with Crippen molar-refractivity contribution in [2.24, 2.45) is 0 Å². The highest BCUT2D eigenvalue weighted by molar-refractivity contribution is 5.56. The van der Waals surface area contributed by atoms with Crippen LogP contribution in [-0.2, 0) is 12.8 Å². The topological polar surface area (TPSA) is 26.0 Å². The Hall–Kier alpha value is -1.40. The second-order valence-corrected chi connectivity index (χ2v) is 4.48. The molecule has 0 unspecified atom stereocenters. The minimum atomic E-state index is -5.38. The van der Waals surface area contributed by atoms with Gasteiger partial charge in [0, 0.05) is 5.69 Å². The summed E-state index contributed by atoms with van der Waals surface area (Å²) in [6.07, 6.45) is -10.2. The van der Waals surface area contributed by atoms with E-state index in [2.05, 4.69) is 0 Å². The number of alkyl halides is 6. The monoisotopic (exact) mass is 299 g/mol. The molecule has 2 N–H and O–H groups in total. The maximum Gasteiger partial charge on any atom is 0.404 e. The van der Waals surface area contributed by atoms with Gasteiger partial charge in [-0.15, -0.1) is 0 Å². The van der Waals surface area contributed by atoms with Crippen LogP contribution in [0.3, 0.4) is 0 Å². The van der Waals surface area contributed by atoms with E-state index in [0.29, 0.717) is 11.1 Å². The molecule has 0 aliphatic rings. The molecule has 114 valence electrons. The van der Waals surface area contributed by atoms with Crippen LogP contribution >= 0.6 is 0 Å². The fraction of sp³-hybridized carbons (Fsp3) is 0.538. The third-order valence-electron chi connectivity index (χ3n) is 3.12. The zero-order chi connectivity index (χ0) is 15.7. The number of hydrogen-bond donors (Lipinski definition) is 1. The Kier molecular flexibility index (Phi) is 4.61. The first kappa shape index (κ1) is 16.7. The molecule has 0 fully saturated rings. The van der Waals surface area contributed by atoms with Gasteiger partial charge in [0.1, 0.15) is 0 Å². The highest BCUT2D eigenvalue weighted by Crippen LogP contribution is 2.47. The molecular weight excluding hydrogens is 284 g/mol. The largest absolute Gasteiger partial charge is 0.404 e. The second-order valence-electron chi connectivity index (χ2n) is 4.48. The molecule has 1 nitrogen and oxygen atoms in total. The van der Waals surface area contributed by atoms with Crippen LogP contribution in [0.4, 0.5) is 32.0 Å². The summed E-state index contributed by atoms with van der Waals surface area (Å²) in [5, 5.41) is 0. The number of rotatable bonds is 3. The number of nitrogen functional groups attached to an aromatic ring is 1. The van der Waals surface area contributed by atoms with Gasteiger partial charge >= 0.3 is 12.4 Å². The van der Waals surface area contributed by atoms with Crippen molar-refractivity contribution in [1.29, 1.82) is 0 Å². The molecule has 0 bridgehead atoms. The van der Waals surface area contributed by atoms with Gasteiger partial charge in [-0.1, -0.05) is 26.0 Å². The maximum atomic E-state index is 12.7. The average molecular weight is 299 g/mol. The summed E-state index contributed by atoms with van der Waals surface area (Å²) in [4.78, 5) is 0. The maximum absolute atomic E-state index is 12.7. The Bertz CT molecular complexity index is 436. The molecule has 7 heteroatoms. The van der Waals surface area contributed by atoms with Gasteiger partial charge in [0.15, 0.2) is 5.92 Å². The lowest BCUT2D eigenvalue weighted by Gasteiger charge is -2.25. The van der Waals surface area contributed by atoms with Crippen LogP contribution in [0.5, 0.6) is 0 Å². The molecule has 0 aliphatic heterocycles. The summed E-state index contributed by atoms with van der Waals surface area (Å²) in [6, 6.07) is 1.81. The summed E-state index contributed by atoms with van der Waals surface area (Å²) in [5.74, 6) is -3.48.